The number of sulfonamides is 1. The van der Waals surface area contributed by atoms with E-state index in [-0.39, 0.29) is 50.7 Å². The molecule has 0 heterocycles. The normalized spacial score (nSPS) is 11.9. The topological polar surface area (TPSA) is 148 Å². The number of allylic oxidation sites excluding steroid dienone is 1. The van der Waals surface area contributed by atoms with Crippen LogP contribution in [0.25, 0.3) is 10.8 Å². The van der Waals surface area contributed by atoms with E-state index < -0.39 is 25.9 Å². The zero-order valence-electron chi connectivity index (χ0n) is 16.6. The summed E-state index contributed by atoms with van der Waals surface area (Å²) in [4.78, 5) is -0.298. The van der Waals surface area contributed by atoms with Gasteiger partial charge >= 0.3 is 29.6 Å². The van der Waals surface area contributed by atoms with Crippen LogP contribution in [0.3, 0.4) is 0 Å². The quantitative estimate of drug-likeness (QED) is 0.303. The SMILES string of the molecule is C=C(C)NS(=O)(=O)c1ccc(N=Nc2c([O-])ccc3cc(S(=O)(=O)O)ccc23)cc1.[Na+]. The smallest absolute Gasteiger partial charge is 0.871 e. The van der Waals surface area contributed by atoms with Crippen LogP contribution in [0.1, 0.15) is 6.92 Å². The average molecular weight is 469 g/mol. The fourth-order valence-corrected chi connectivity index (χ4v) is 4.21. The molecule has 0 amide bonds. The molecule has 0 aliphatic carbocycles. The Morgan fingerprint density at radius 3 is 2.16 bits per heavy atom. The van der Waals surface area contributed by atoms with Gasteiger partial charge in [-0.15, -0.1) is 0 Å². The van der Waals surface area contributed by atoms with Crippen LogP contribution in [0.4, 0.5) is 11.4 Å². The van der Waals surface area contributed by atoms with Gasteiger partial charge in [-0.1, -0.05) is 30.5 Å². The molecule has 0 aromatic heterocycles. The van der Waals surface area contributed by atoms with Gasteiger partial charge in [-0.3, -0.25) is 9.27 Å². The molecule has 0 unspecified atom stereocenters. The molecule has 0 saturated carbocycles. The van der Waals surface area contributed by atoms with Crippen molar-refractivity contribution >= 4 is 42.3 Å². The third kappa shape index (κ3) is 5.91. The van der Waals surface area contributed by atoms with Gasteiger partial charge in [-0.25, -0.2) is 8.42 Å². The summed E-state index contributed by atoms with van der Waals surface area (Å²) in [7, 11) is -8.12. The molecule has 0 aliphatic rings. The number of hydrogen-bond donors (Lipinski definition) is 2. The van der Waals surface area contributed by atoms with Gasteiger partial charge in [0.25, 0.3) is 20.1 Å². The second-order valence-electron chi connectivity index (χ2n) is 6.35. The number of nitrogens with zero attached hydrogens (tertiary/aromatic N) is 2. The van der Waals surface area contributed by atoms with E-state index in [1.807, 2.05) is 0 Å². The van der Waals surface area contributed by atoms with E-state index in [1.54, 1.807) is 0 Å². The summed E-state index contributed by atoms with van der Waals surface area (Å²) in [6.45, 7) is 5.02. The van der Waals surface area contributed by atoms with Crippen LogP contribution in [0.2, 0.25) is 0 Å². The van der Waals surface area contributed by atoms with E-state index in [0.717, 1.165) is 6.07 Å². The van der Waals surface area contributed by atoms with Crippen molar-refractivity contribution in [2.24, 2.45) is 10.2 Å². The Morgan fingerprint density at radius 2 is 1.58 bits per heavy atom. The molecule has 0 fully saturated rings. The molecule has 3 aromatic rings. The van der Waals surface area contributed by atoms with Crippen LogP contribution in [0.5, 0.6) is 5.75 Å². The molecule has 0 saturated heterocycles. The Balaban J connectivity index is 0.00000341. The van der Waals surface area contributed by atoms with Crippen LogP contribution in [0.15, 0.2) is 86.9 Å². The van der Waals surface area contributed by atoms with Gasteiger partial charge in [0.2, 0.25) is 0 Å². The van der Waals surface area contributed by atoms with Crippen LogP contribution in [0, 0.1) is 0 Å². The minimum absolute atomic E-state index is 0. The first kappa shape index (κ1) is 25.0. The molecular weight excluding hydrogens is 453 g/mol. The Kier molecular flexibility index (Phi) is 7.63. The van der Waals surface area contributed by atoms with Crippen LogP contribution >= 0.6 is 0 Å². The number of benzene rings is 3. The minimum atomic E-state index is -4.39. The van der Waals surface area contributed by atoms with Crippen molar-refractivity contribution < 1.29 is 56.1 Å². The summed E-state index contributed by atoms with van der Waals surface area (Å²) in [5, 5.41) is 20.9. The van der Waals surface area contributed by atoms with Gasteiger partial charge in [-0.05, 0) is 48.7 Å². The first-order valence-corrected chi connectivity index (χ1v) is 11.3. The van der Waals surface area contributed by atoms with Crippen molar-refractivity contribution in [3.8, 4) is 5.75 Å². The van der Waals surface area contributed by atoms with E-state index in [9.17, 15) is 21.9 Å². The number of hydrogen-bond acceptors (Lipinski definition) is 7. The van der Waals surface area contributed by atoms with Crippen LogP contribution in [-0.4, -0.2) is 21.4 Å². The Hall–Kier alpha value is -2.28. The summed E-state index contributed by atoms with van der Waals surface area (Å²) < 4.78 is 58.2. The molecule has 0 atom stereocenters. The van der Waals surface area contributed by atoms with E-state index >= 15 is 0 Å². The zero-order valence-corrected chi connectivity index (χ0v) is 20.2. The zero-order chi connectivity index (χ0) is 22.1. The molecule has 3 rings (SSSR count). The minimum Gasteiger partial charge on any atom is -0.871 e. The van der Waals surface area contributed by atoms with Crippen molar-refractivity contribution in [2.75, 3.05) is 0 Å². The number of fused-ring (bicyclic) bond motifs is 1. The standard InChI is InChI=1S/C19H17N3O6S2.Na/c1-12(2)22-29(24,25)15-6-4-14(5-7-15)20-21-19-17-9-8-16(30(26,27)28)11-13(17)3-10-18(19)23;/h3-11,22-23H,1H2,2H3,(H,26,27,28);/q;+1/p-1. The molecule has 2 N–H and O–H groups in total. The van der Waals surface area contributed by atoms with Crippen LogP contribution < -0.4 is 39.4 Å². The van der Waals surface area contributed by atoms with Crippen molar-refractivity contribution in [3.63, 3.8) is 0 Å². The van der Waals surface area contributed by atoms with Gasteiger partial charge in [0.05, 0.1) is 21.2 Å². The Bertz CT molecular complexity index is 1390. The summed E-state index contributed by atoms with van der Waals surface area (Å²) in [6, 6.07) is 11.9. The van der Waals surface area contributed by atoms with Gasteiger partial charge < -0.3 is 5.11 Å². The molecule has 3 aromatic carbocycles. The average Bonchev–Trinajstić information content (AvgIpc) is 2.65. The molecular formula is C19H16N3NaO6S2. The van der Waals surface area contributed by atoms with Crippen LogP contribution in [-0.2, 0) is 20.1 Å². The first-order valence-electron chi connectivity index (χ1n) is 8.39. The Morgan fingerprint density at radius 1 is 0.968 bits per heavy atom. The summed E-state index contributed by atoms with van der Waals surface area (Å²) in [5.41, 5.74) is 0.556. The largest absolute Gasteiger partial charge is 1.00 e. The van der Waals surface area contributed by atoms with E-state index in [1.165, 1.54) is 55.5 Å². The van der Waals surface area contributed by atoms with Crippen molar-refractivity contribution in [1.82, 2.24) is 4.72 Å². The van der Waals surface area contributed by atoms with Gasteiger partial charge in [0.15, 0.2) is 0 Å². The third-order valence-electron chi connectivity index (χ3n) is 3.94. The molecule has 0 bridgehead atoms. The molecule has 0 aliphatic heterocycles. The summed E-state index contributed by atoms with van der Waals surface area (Å²) in [6.07, 6.45) is 0. The molecule has 12 heteroatoms. The Labute approximate surface area is 201 Å². The summed E-state index contributed by atoms with van der Waals surface area (Å²) in [5.74, 6) is -0.435. The second kappa shape index (κ2) is 9.47. The molecule has 9 nitrogen and oxygen atoms in total. The van der Waals surface area contributed by atoms with Gasteiger partial charge in [0.1, 0.15) is 0 Å². The van der Waals surface area contributed by atoms with Gasteiger partial charge in [0, 0.05) is 11.1 Å². The molecule has 0 radical (unpaired) electrons. The maximum absolute atomic E-state index is 12.2. The second-order valence-corrected chi connectivity index (χ2v) is 9.45. The van der Waals surface area contributed by atoms with E-state index in [4.69, 9.17) is 4.55 Å². The van der Waals surface area contributed by atoms with E-state index in [0.29, 0.717) is 16.5 Å². The maximum Gasteiger partial charge on any atom is 1.00 e. The van der Waals surface area contributed by atoms with Gasteiger partial charge in [-0.2, -0.15) is 18.6 Å². The first-order chi connectivity index (χ1) is 14.0. The molecule has 31 heavy (non-hydrogen) atoms. The maximum atomic E-state index is 12.2. The molecule has 0 spiro atoms. The van der Waals surface area contributed by atoms with E-state index in [2.05, 4.69) is 21.5 Å². The fraction of sp³-hybridized carbons (Fsp3) is 0.0526. The number of rotatable bonds is 6. The fourth-order valence-electron chi connectivity index (χ4n) is 2.62. The van der Waals surface area contributed by atoms with Crippen molar-refractivity contribution in [3.05, 3.63) is 66.9 Å². The number of nitrogens with one attached hydrogen (secondary N) is 1. The monoisotopic (exact) mass is 469 g/mol. The van der Waals surface area contributed by atoms with Crippen molar-refractivity contribution in [1.29, 1.82) is 0 Å². The predicted octanol–water partition coefficient (Wildman–Crippen LogP) is 0.391. The molecule has 156 valence electrons. The summed E-state index contributed by atoms with van der Waals surface area (Å²) >= 11 is 0. The van der Waals surface area contributed by atoms with Crippen molar-refractivity contribution in [2.45, 2.75) is 16.7 Å². The predicted molar refractivity (Wildman–Crippen MR) is 109 cm³/mol. The number of azo groups is 1. The third-order valence-corrected chi connectivity index (χ3v) is 6.30.